The van der Waals surface area contributed by atoms with Crippen LogP contribution in [0, 0.1) is 0 Å². The van der Waals surface area contributed by atoms with Crippen LogP contribution < -0.4 is 0 Å². The van der Waals surface area contributed by atoms with E-state index < -0.39 is 37.4 Å². The fraction of sp³-hybridized carbons (Fsp3) is 0.385. The number of aliphatic hydroxyl groups is 1. The van der Waals surface area contributed by atoms with Gasteiger partial charge < -0.3 is 37.8 Å². The van der Waals surface area contributed by atoms with Crippen LogP contribution >= 0.6 is 7.60 Å². The predicted octanol–water partition coefficient (Wildman–Crippen LogP) is 7.31. The van der Waals surface area contributed by atoms with Gasteiger partial charge in [-0.25, -0.2) is 0 Å². The van der Waals surface area contributed by atoms with Gasteiger partial charge in [0.1, 0.15) is 18.3 Å². The summed E-state index contributed by atoms with van der Waals surface area (Å²) in [6, 6.07) is 38.9. The Kier molecular flexibility index (Phi) is 14.1. The molecule has 1 aliphatic heterocycles. The molecule has 0 saturated carbocycles. The van der Waals surface area contributed by atoms with E-state index in [1.807, 2.05) is 121 Å². The van der Waals surface area contributed by atoms with Crippen molar-refractivity contribution >= 4 is 7.60 Å². The summed E-state index contributed by atoms with van der Waals surface area (Å²) in [6.07, 6.45) is -2.51. The van der Waals surface area contributed by atoms with Gasteiger partial charge in [0.05, 0.1) is 52.9 Å². The van der Waals surface area contributed by atoms with Crippen molar-refractivity contribution in [3.8, 4) is 0 Å². The lowest BCUT2D eigenvalue weighted by molar-refractivity contribution is -0.187. The van der Waals surface area contributed by atoms with Crippen molar-refractivity contribution in [1.82, 2.24) is 0 Å². The molecule has 0 spiro atoms. The molecule has 10 heteroatoms. The molecule has 49 heavy (non-hydrogen) atoms. The van der Waals surface area contributed by atoms with Crippen molar-refractivity contribution in [3.05, 3.63) is 144 Å². The Morgan fingerprint density at radius 3 is 1.55 bits per heavy atom. The van der Waals surface area contributed by atoms with Crippen LogP contribution in [-0.2, 0) is 63.7 Å². The van der Waals surface area contributed by atoms with Crippen molar-refractivity contribution < 1.29 is 42.4 Å². The fourth-order valence-corrected chi connectivity index (χ4v) is 7.84. The molecule has 1 fully saturated rings. The van der Waals surface area contributed by atoms with Crippen LogP contribution in [0.15, 0.2) is 121 Å². The van der Waals surface area contributed by atoms with Crippen LogP contribution in [0.4, 0.5) is 0 Å². The first-order valence-corrected chi connectivity index (χ1v) is 18.4. The number of rotatable bonds is 20. The lowest BCUT2D eigenvalue weighted by Gasteiger charge is -2.40. The second-order valence-electron chi connectivity index (χ2n) is 11.8. The van der Waals surface area contributed by atoms with E-state index in [4.69, 9.17) is 32.7 Å². The van der Waals surface area contributed by atoms with Gasteiger partial charge in [-0.15, -0.1) is 0 Å². The summed E-state index contributed by atoms with van der Waals surface area (Å²) in [4.78, 5) is 0. The molecule has 5 atom stereocenters. The van der Waals surface area contributed by atoms with Crippen LogP contribution in [0.25, 0.3) is 0 Å². The highest BCUT2D eigenvalue weighted by Gasteiger charge is 2.65. The zero-order valence-corrected chi connectivity index (χ0v) is 29.1. The van der Waals surface area contributed by atoms with Crippen LogP contribution in [0.5, 0.6) is 0 Å². The molecule has 1 N–H and O–H groups in total. The summed E-state index contributed by atoms with van der Waals surface area (Å²) >= 11 is 0. The summed E-state index contributed by atoms with van der Waals surface area (Å²) < 4.78 is 58.5. The smallest absolute Gasteiger partial charge is 0.362 e. The molecule has 9 nitrogen and oxygen atoms in total. The van der Waals surface area contributed by atoms with Gasteiger partial charge in [0.25, 0.3) is 0 Å². The number of benzene rings is 4. The summed E-state index contributed by atoms with van der Waals surface area (Å²) in [5.74, 6) is -1.79. The minimum Gasteiger partial charge on any atom is -0.378 e. The molecular weight excluding hydrogens is 643 g/mol. The van der Waals surface area contributed by atoms with E-state index in [9.17, 15) is 9.67 Å². The van der Waals surface area contributed by atoms with Gasteiger partial charge in [-0.1, -0.05) is 121 Å². The lowest BCUT2D eigenvalue weighted by Crippen LogP contribution is -2.57. The Morgan fingerprint density at radius 1 is 0.653 bits per heavy atom. The predicted molar refractivity (Wildman–Crippen MR) is 187 cm³/mol. The number of hydrogen-bond donors (Lipinski definition) is 1. The van der Waals surface area contributed by atoms with Gasteiger partial charge in [0, 0.05) is 0 Å². The molecule has 0 radical (unpaired) electrons. The monoisotopic (exact) mass is 690 g/mol. The Labute approximate surface area is 289 Å². The third-order valence-electron chi connectivity index (χ3n) is 8.26. The van der Waals surface area contributed by atoms with E-state index in [2.05, 4.69) is 0 Å². The Bertz CT molecular complexity index is 1530. The molecule has 0 aromatic heterocycles. The highest BCUT2D eigenvalue weighted by molar-refractivity contribution is 7.54. The first-order valence-electron chi connectivity index (χ1n) is 16.8. The van der Waals surface area contributed by atoms with Crippen molar-refractivity contribution in [3.63, 3.8) is 0 Å². The molecule has 0 bridgehead atoms. The Hall–Kier alpha value is -3.21. The third kappa shape index (κ3) is 9.95. The zero-order chi connectivity index (χ0) is 34.4. The van der Waals surface area contributed by atoms with E-state index in [-0.39, 0.29) is 46.2 Å². The van der Waals surface area contributed by atoms with Crippen LogP contribution in [0.2, 0.25) is 0 Å². The zero-order valence-electron chi connectivity index (χ0n) is 28.2. The molecule has 5 rings (SSSR count). The van der Waals surface area contributed by atoms with Gasteiger partial charge in [-0.2, -0.15) is 0 Å². The first kappa shape index (κ1) is 37.1. The second kappa shape index (κ2) is 18.7. The maximum Gasteiger partial charge on any atom is 0.362 e. The van der Waals surface area contributed by atoms with E-state index in [1.165, 1.54) is 0 Å². The van der Waals surface area contributed by atoms with Gasteiger partial charge in [-0.05, 0) is 36.1 Å². The maximum absolute atomic E-state index is 14.4. The quantitative estimate of drug-likeness (QED) is 0.0957. The molecule has 4 aromatic rings. The van der Waals surface area contributed by atoms with Crippen LogP contribution in [0.3, 0.4) is 0 Å². The van der Waals surface area contributed by atoms with Crippen LogP contribution in [-0.4, -0.2) is 61.3 Å². The standard InChI is InChI=1S/C39H47O9P/c1-3-46-49(41,47-4-2)38(40)39(30-43-26-32-19-11-6-12-20-32)37(45-28-34-23-15-8-16-24-34)36(44-27-33-21-13-7-14-22-33)35(48-39)29-42-25-31-17-9-5-10-18-31/h5-24,35-38,40H,3-4,25-30H2,1-2H3/t35-,36-,37+,38?,39-/m1/s1. The van der Waals surface area contributed by atoms with Crippen molar-refractivity contribution in [2.45, 2.75) is 70.0 Å². The van der Waals surface area contributed by atoms with Crippen LogP contribution in [0.1, 0.15) is 36.1 Å². The molecule has 1 unspecified atom stereocenters. The molecule has 262 valence electrons. The van der Waals surface area contributed by atoms with E-state index >= 15 is 0 Å². The summed E-state index contributed by atoms with van der Waals surface area (Å²) in [6.45, 7) is 4.32. The Morgan fingerprint density at radius 2 is 1.08 bits per heavy atom. The molecule has 0 aliphatic carbocycles. The number of aliphatic hydroxyl groups excluding tert-OH is 1. The normalized spacial score (nSPS) is 21.5. The molecule has 0 amide bonds. The SMILES string of the molecule is CCOP(=O)(OCC)C(O)[C@]1(COCc2ccccc2)O[C@H](COCc2ccccc2)[C@@H](OCc2ccccc2)[C@@H]1OCc1ccccc1. The Balaban J connectivity index is 1.53. The molecular formula is C39H47O9P. The molecule has 4 aromatic carbocycles. The third-order valence-corrected chi connectivity index (χ3v) is 10.5. The lowest BCUT2D eigenvalue weighted by atomic mass is 9.95. The molecule has 1 heterocycles. The minimum atomic E-state index is -4.20. The highest BCUT2D eigenvalue weighted by atomic mass is 31.2. The molecule has 1 aliphatic rings. The summed E-state index contributed by atoms with van der Waals surface area (Å²) in [7, 11) is -4.20. The highest BCUT2D eigenvalue weighted by Crippen LogP contribution is 2.59. The van der Waals surface area contributed by atoms with Crippen molar-refractivity contribution in [2.75, 3.05) is 26.4 Å². The number of ether oxygens (including phenoxy) is 5. The minimum absolute atomic E-state index is 0.0440. The van der Waals surface area contributed by atoms with E-state index in [0.29, 0.717) is 6.61 Å². The topological polar surface area (TPSA) is 102 Å². The van der Waals surface area contributed by atoms with Gasteiger partial charge in [0.15, 0.2) is 11.4 Å². The van der Waals surface area contributed by atoms with Gasteiger partial charge >= 0.3 is 7.60 Å². The number of hydrogen-bond acceptors (Lipinski definition) is 9. The second-order valence-corrected chi connectivity index (χ2v) is 13.9. The summed E-state index contributed by atoms with van der Waals surface area (Å²) in [5.41, 5.74) is 2.02. The summed E-state index contributed by atoms with van der Waals surface area (Å²) in [5, 5.41) is 12.3. The van der Waals surface area contributed by atoms with Gasteiger partial charge in [0.2, 0.25) is 0 Å². The first-order chi connectivity index (χ1) is 24.0. The fourth-order valence-electron chi connectivity index (χ4n) is 5.95. The van der Waals surface area contributed by atoms with Crippen molar-refractivity contribution in [1.29, 1.82) is 0 Å². The molecule has 1 saturated heterocycles. The van der Waals surface area contributed by atoms with Gasteiger partial charge in [-0.3, -0.25) is 4.57 Å². The van der Waals surface area contributed by atoms with E-state index in [1.54, 1.807) is 13.8 Å². The average molecular weight is 691 g/mol. The van der Waals surface area contributed by atoms with E-state index in [0.717, 1.165) is 22.3 Å². The van der Waals surface area contributed by atoms with Crippen molar-refractivity contribution in [2.24, 2.45) is 0 Å². The average Bonchev–Trinajstić information content (AvgIpc) is 3.43. The largest absolute Gasteiger partial charge is 0.378 e. The maximum atomic E-state index is 14.4.